The van der Waals surface area contributed by atoms with E-state index in [4.69, 9.17) is 0 Å². The monoisotopic (exact) mass is 291 g/mol. The molecule has 0 N–H and O–H groups in total. The first-order valence-corrected chi connectivity index (χ1v) is 8.30. The maximum absolute atomic E-state index is 4.31. The Balaban J connectivity index is 1.77. The lowest BCUT2D eigenvalue weighted by atomic mass is 10.4. The molecule has 0 saturated carbocycles. The van der Waals surface area contributed by atoms with Crippen molar-refractivity contribution < 1.29 is 0 Å². The predicted molar refractivity (Wildman–Crippen MR) is 73.3 cm³/mol. The van der Waals surface area contributed by atoms with Crippen LogP contribution < -0.4 is 0 Å². The first kappa shape index (κ1) is 12.3. The molecule has 3 rings (SSSR count). The van der Waals surface area contributed by atoms with E-state index in [0.29, 0.717) is 0 Å². The molecule has 0 aromatic carbocycles. The van der Waals surface area contributed by atoms with Crippen molar-refractivity contribution in [2.24, 2.45) is 0 Å². The zero-order chi connectivity index (χ0) is 12.9. The van der Waals surface area contributed by atoms with Gasteiger partial charge in [0.25, 0.3) is 0 Å². The molecule has 0 fully saturated rings. The Hall–Kier alpha value is -1.79. The van der Waals surface area contributed by atoms with Gasteiger partial charge in [-0.2, -0.15) is 19.1 Å². The molecular formula is C10H10N7PS. The SMILES string of the molecule is c1ccc(CSP(n2cncn2)n2cncn2)nc1. The molecule has 0 radical (unpaired) electrons. The van der Waals surface area contributed by atoms with Gasteiger partial charge in [-0.25, -0.2) is 9.97 Å². The summed E-state index contributed by atoms with van der Waals surface area (Å²) in [6.07, 6.45) is 8.22. The highest BCUT2D eigenvalue weighted by atomic mass is 32.7. The molecule has 9 heteroatoms. The molecule has 3 aromatic heterocycles. The molecule has 3 heterocycles. The summed E-state index contributed by atoms with van der Waals surface area (Å²) >= 11 is 1.71. The summed E-state index contributed by atoms with van der Waals surface area (Å²) in [6, 6.07) is 5.89. The first-order valence-electron chi connectivity index (χ1n) is 5.46. The van der Waals surface area contributed by atoms with Gasteiger partial charge in [0.1, 0.15) is 25.3 Å². The van der Waals surface area contributed by atoms with Gasteiger partial charge in [-0.15, -0.1) is 0 Å². The standard InChI is InChI=1S/C10H10N7PS/c1-2-4-13-10(3-1)5-19-18(16-8-11-6-14-16)17-9-12-7-15-17/h1-4,6-9H,5H2. The molecule has 3 aromatic rings. The van der Waals surface area contributed by atoms with Gasteiger partial charge in [-0.3, -0.25) is 4.98 Å². The van der Waals surface area contributed by atoms with Crippen molar-refractivity contribution in [2.45, 2.75) is 5.75 Å². The molecule has 0 atom stereocenters. The third-order valence-corrected chi connectivity index (χ3v) is 6.07. The van der Waals surface area contributed by atoms with E-state index < -0.39 is 7.42 Å². The minimum absolute atomic E-state index is 0.784. The van der Waals surface area contributed by atoms with Crippen LogP contribution in [-0.4, -0.2) is 34.1 Å². The minimum atomic E-state index is -0.838. The maximum atomic E-state index is 4.31. The van der Waals surface area contributed by atoms with E-state index in [1.165, 1.54) is 12.7 Å². The van der Waals surface area contributed by atoms with E-state index in [-0.39, 0.29) is 0 Å². The van der Waals surface area contributed by atoms with E-state index in [0.717, 1.165) is 11.4 Å². The Kier molecular flexibility index (Phi) is 3.81. The average Bonchev–Trinajstić information content (AvgIpc) is 3.13. The Morgan fingerprint density at radius 3 is 2.32 bits per heavy atom. The third kappa shape index (κ3) is 2.97. The molecule has 0 aliphatic heterocycles. The summed E-state index contributed by atoms with van der Waals surface area (Å²) in [6.45, 7) is 0. The Bertz CT molecular complexity index is 564. The lowest BCUT2D eigenvalue weighted by molar-refractivity contribution is 0.920. The summed E-state index contributed by atoms with van der Waals surface area (Å²) in [4.78, 5) is 12.3. The largest absolute Gasteiger partial charge is 0.260 e. The second-order valence-electron chi connectivity index (χ2n) is 3.48. The van der Waals surface area contributed by atoms with Crippen molar-refractivity contribution >= 4 is 18.8 Å². The minimum Gasteiger partial charge on any atom is -0.260 e. The smallest absolute Gasteiger partial charge is 0.205 e. The van der Waals surface area contributed by atoms with Crippen LogP contribution in [0.5, 0.6) is 0 Å². The van der Waals surface area contributed by atoms with Crippen molar-refractivity contribution in [3.63, 3.8) is 0 Å². The third-order valence-electron chi connectivity index (χ3n) is 2.22. The highest BCUT2D eigenvalue weighted by Gasteiger charge is 2.16. The summed E-state index contributed by atoms with van der Waals surface area (Å²) in [5.74, 6) is 0.784. The molecule has 0 saturated heterocycles. The highest BCUT2D eigenvalue weighted by molar-refractivity contribution is 8.54. The van der Waals surface area contributed by atoms with Crippen molar-refractivity contribution in [2.75, 3.05) is 0 Å². The summed E-state index contributed by atoms with van der Waals surface area (Å²) < 4.78 is 3.61. The number of pyridine rings is 1. The van der Waals surface area contributed by atoms with Gasteiger partial charge in [-0.1, -0.05) is 17.4 Å². The molecule has 0 aliphatic rings. The number of nitrogens with zero attached hydrogens (tertiary/aromatic N) is 7. The summed E-state index contributed by atoms with van der Waals surface area (Å²) in [5, 5.41) is 8.38. The van der Waals surface area contributed by atoms with E-state index in [9.17, 15) is 0 Å². The lowest BCUT2D eigenvalue weighted by Crippen LogP contribution is -2.00. The van der Waals surface area contributed by atoms with Crippen LogP contribution in [0, 0.1) is 0 Å². The highest BCUT2D eigenvalue weighted by Crippen LogP contribution is 2.51. The zero-order valence-electron chi connectivity index (χ0n) is 9.81. The van der Waals surface area contributed by atoms with Gasteiger partial charge in [-0.05, 0) is 12.1 Å². The summed E-state index contributed by atoms with van der Waals surface area (Å²) in [7, 11) is -0.838. The molecular weight excluding hydrogens is 281 g/mol. The second kappa shape index (κ2) is 5.90. The van der Waals surface area contributed by atoms with Crippen molar-refractivity contribution in [1.82, 2.24) is 34.1 Å². The maximum Gasteiger partial charge on any atom is 0.205 e. The number of hydrogen-bond acceptors (Lipinski definition) is 6. The molecule has 0 unspecified atom stereocenters. The van der Waals surface area contributed by atoms with Crippen LogP contribution in [0.3, 0.4) is 0 Å². The van der Waals surface area contributed by atoms with E-state index in [2.05, 4.69) is 25.1 Å². The normalized spacial score (nSPS) is 11.0. The zero-order valence-corrected chi connectivity index (χ0v) is 11.5. The van der Waals surface area contributed by atoms with Crippen LogP contribution in [0.2, 0.25) is 0 Å². The molecule has 96 valence electrons. The summed E-state index contributed by atoms with van der Waals surface area (Å²) in [5.41, 5.74) is 1.03. The molecule has 0 amide bonds. The van der Waals surface area contributed by atoms with Gasteiger partial charge >= 0.3 is 0 Å². The van der Waals surface area contributed by atoms with Crippen LogP contribution >= 0.6 is 18.8 Å². The van der Waals surface area contributed by atoms with Crippen LogP contribution in [0.25, 0.3) is 0 Å². The van der Waals surface area contributed by atoms with E-state index in [1.807, 2.05) is 18.2 Å². The second-order valence-corrected chi connectivity index (χ2v) is 7.11. The Labute approximate surface area is 114 Å². The fourth-order valence-corrected chi connectivity index (χ4v) is 4.77. The lowest BCUT2D eigenvalue weighted by Gasteiger charge is -2.14. The first-order chi connectivity index (χ1) is 9.43. The predicted octanol–water partition coefficient (Wildman–Crippen LogP) is 1.82. The molecule has 0 bridgehead atoms. The van der Waals surface area contributed by atoms with Crippen LogP contribution in [-0.2, 0) is 5.75 Å². The van der Waals surface area contributed by atoms with Crippen molar-refractivity contribution in [3.8, 4) is 0 Å². The van der Waals surface area contributed by atoms with Gasteiger partial charge in [0, 0.05) is 11.9 Å². The number of hydrogen-bond donors (Lipinski definition) is 0. The quantitative estimate of drug-likeness (QED) is 0.668. The van der Waals surface area contributed by atoms with Crippen LogP contribution in [0.15, 0.2) is 49.7 Å². The Morgan fingerprint density at radius 2 is 1.79 bits per heavy atom. The molecule has 0 spiro atoms. The Morgan fingerprint density at radius 1 is 1.05 bits per heavy atom. The van der Waals surface area contributed by atoms with Gasteiger partial charge < -0.3 is 0 Å². The van der Waals surface area contributed by atoms with Gasteiger partial charge in [0.05, 0.1) is 5.69 Å². The molecule has 7 nitrogen and oxygen atoms in total. The topological polar surface area (TPSA) is 74.3 Å². The van der Waals surface area contributed by atoms with Crippen LogP contribution in [0.1, 0.15) is 5.69 Å². The van der Waals surface area contributed by atoms with E-state index in [1.54, 1.807) is 39.1 Å². The van der Waals surface area contributed by atoms with Crippen LogP contribution in [0.4, 0.5) is 0 Å². The number of aromatic nitrogens is 7. The fraction of sp³-hybridized carbons (Fsp3) is 0.100. The van der Waals surface area contributed by atoms with Gasteiger partial charge in [0.2, 0.25) is 7.42 Å². The molecule has 0 aliphatic carbocycles. The van der Waals surface area contributed by atoms with Crippen molar-refractivity contribution in [1.29, 1.82) is 0 Å². The molecule has 19 heavy (non-hydrogen) atoms. The van der Waals surface area contributed by atoms with Crippen molar-refractivity contribution in [3.05, 3.63) is 55.4 Å². The fourth-order valence-electron chi connectivity index (χ4n) is 1.40. The number of rotatable bonds is 5. The van der Waals surface area contributed by atoms with E-state index >= 15 is 0 Å². The van der Waals surface area contributed by atoms with Gasteiger partial charge in [0.15, 0.2) is 0 Å². The average molecular weight is 291 g/mol.